The first-order valence-corrected chi connectivity index (χ1v) is 6.31. The molecule has 4 saturated carbocycles. The van der Waals surface area contributed by atoms with Crippen molar-refractivity contribution in [2.75, 3.05) is 0 Å². The molecule has 80 valence electrons. The molecule has 1 N–H and O–H groups in total. The van der Waals surface area contributed by atoms with Crippen LogP contribution in [0, 0.1) is 29.6 Å². The van der Waals surface area contributed by atoms with Crippen molar-refractivity contribution >= 4 is 0 Å². The lowest BCUT2D eigenvalue weighted by Gasteiger charge is -2.60. The van der Waals surface area contributed by atoms with Crippen molar-refractivity contribution in [3.63, 3.8) is 0 Å². The summed E-state index contributed by atoms with van der Waals surface area (Å²) in [5, 5.41) is 10.7. The molecule has 0 aliphatic heterocycles. The van der Waals surface area contributed by atoms with Crippen LogP contribution in [-0.2, 0) is 0 Å². The van der Waals surface area contributed by atoms with E-state index in [4.69, 9.17) is 0 Å². The zero-order valence-corrected chi connectivity index (χ0v) is 9.37. The van der Waals surface area contributed by atoms with Gasteiger partial charge in [-0.3, -0.25) is 0 Å². The first-order valence-electron chi connectivity index (χ1n) is 6.31. The van der Waals surface area contributed by atoms with E-state index in [2.05, 4.69) is 13.8 Å². The standard InChI is InChI=1S/C13H22O/c1-8(2)12-11-4-9-3-10(5-11)7-13(12,14)6-9/h8-12,14H,3-7H2,1-2H3. The second-order valence-corrected chi connectivity index (χ2v) is 6.48. The maximum absolute atomic E-state index is 10.7. The van der Waals surface area contributed by atoms with Gasteiger partial charge < -0.3 is 5.11 Å². The minimum absolute atomic E-state index is 0.261. The Morgan fingerprint density at radius 2 is 1.64 bits per heavy atom. The van der Waals surface area contributed by atoms with Gasteiger partial charge in [-0.1, -0.05) is 13.8 Å². The monoisotopic (exact) mass is 194 g/mol. The quantitative estimate of drug-likeness (QED) is 0.680. The van der Waals surface area contributed by atoms with Crippen LogP contribution in [0.1, 0.15) is 46.0 Å². The molecule has 1 heteroatoms. The summed E-state index contributed by atoms with van der Waals surface area (Å²) in [5.74, 6) is 3.87. The molecule has 0 aromatic heterocycles. The summed E-state index contributed by atoms with van der Waals surface area (Å²) in [5.41, 5.74) is -0.261. The number of aliphatic hydroxyl groups is 1. The Labute approximate surface area is 86.9 Å². The fraction of sp³-hybridized carbons (Fsp3) is 1.00. The molecule has 4 rings (SSSR count). The predicted octanol–water partition coefficient (Wildman–Crippen LogP) is 2.83. The van der Waals surface area contributed by atoms with Gasteiger partial charge in [0, 0.05) is 0 Å². The smallest absolute Gasteiger partial charge is 0.0686 e. The van der Waals surface area contributed by atoms with Crippen LogP contribution in [0.2, 0.25) is 0 Å². The molecule has 4 fully saturated rings. The van der Waals surface area contributed by atoms with Gasteiger partial charge in [-0.15, -0.1) is 0 Å². The predicted molar refractivity (Wildman–Crippen MR) is 56.8 cm³/mol. The van der Waals surface area contributed by atoms with Crippen LogP contribution in [0.4, 0.5) is 0 Å². The zero-order chi connectivity index (χ0) is 9.92. The molecular formula is C13H22O. The number of hydrogen-bond donors (Lipinski definition) is 1. The van der Waals surface area contributed by atoms with Crippen molar-refractivity contribution in [1.82, 2.24) is 0 Å². The molecule has 0 spiro atoms. The third-order valence-corrected chi connectivity index (χ3v) is 5.07. The third-order valence-electron chi connectivity index (χ3n) is 5.07. The first-order chi connectivity index (χ1) is 6.58. The molecule has 4 bridgehead atoms. The molecule has 0 heterocycles. The van der Waals surface area contributed by atoms with Crippen LogP contribution in [-0.4, -0.2) is 10.7 Å². The van der Waals surface area contributed by atoms with Crippen LogP contribution in [0.5, 0.6) is 0 Å². The molecule has 4 aliphatic rings. The van der Waals surface area contributed by atoms with Crippen molar-refractivity contribution in [1.29, 1.82) is 0 Å². The van der Waals surface area contributed by atoms with Crippen LogP contribution in [0.3, 0.4) is 0 Å². The fourth-order valence-corrected chi connectivity index (χ4v) is 5.20. The third kappa shape index (κ3) is 1.11. The SMILES string of the molecule is CC(C)C1C2CC3CC(C2)CC1(O)C3. The van der Waals surface area contributed by atoms with E-state index in [1.807, 2.05) is 0 Å². The molecule has 1 nitrogen and oxygen atoms in total. The molecular weight excluding hydrogens is 172 g/mol. The summed E-state index contributed by atoms with van der Waals surface area (Å²) in [6.07, 6.45) is 6.48. The van der Waals surface area contributed by atoms with E-state index < -0.39 is 0 Å². The minimum atomic E-state index is -0.261. The van der Waals surface area contributed by atoms with Crippen LogP contribution in [0.15, 0.2) is 0 Å². The second kappa shape index (κ2) is 2.75. The summed E-state index contributed by atoms with van der Waals surface area (Å²) in [6, 6.07) is 0. The van der Waals surface area contributed by atoms with Crippen molar-refractivity contribution in [2.24, 2.45) is 29.6 Å². The molecule has 0 amide bonds. The van der Waals surface area contributed by atoms with E-state index in [1.54, 1.807) is 0 Å². The van der Waals surface area contributed by atoms with E-state index in [9.17, 15) is 5.11 Å². The molecule has 3 unspecified atom stereocenters. The normalized spacial score (nSPS) is 55.7. The van der Waals surface area contributed by atoms with Gasteiger partial charge in [0.05, 0.1) is 5.60 Å². The van der Waals surface area contributed by atoms with Crippen molar-refractivity contribution in [2.45, 2.75) is 51.6 Å². The van der Waals surface area contributed by atoms with Gasteiger partial charge in [0.15, 0.2) is 0 Å². The number of hydrogen-bond acceptors (Lipinski definition) is 1. The Morgan fingerprint density at radius 1 is 1.07 bits per heavy atom. The average molecular weight is 194 g/mol. The Hall–Kier alpha value is -0.0400. The summed E-state index contributed by atoms with van der Waals surface area (Å²) in [7, 11) is 0. The van der Waals surface area contributed by atoms with E-state index in [0.29, 0.717) is 11.8 Å². The summed E-state index contributed by atoms with van der Waals surface area (Å²) in [4.78, 5) is 0. The van der Waals surface area contributed by atoms with Crippen molar-refractivity contribution in [3.8, 4) is 0 Å². The Kier molecular flexibility index (Phi) is 1.81. The van der Waals surface area contributed by atoms with Crippen LogP contribution >= 0.6 is 0 Å². The molecule has 0 saturated heterocycles. The second-order valence-electron chi connectivity index (χ2n) is 6.48. The highest BCUT2D eigenvalue weighted by Crippen LogP contribution is 2.60. The van der Waals surface area contributed by atoms with Crippen molar-refractivity contribution in [3.05, 3.63) is 0 Å². The zero-order valence-electron chi connectivity index (χ0n) is 9.37. The molecule has 3 atom stereocenters. The van der Waals surface area contributed by atoms with E-state index in [-0.39, 0.29) is 5.60 Å². The van der Waals surface area contributed by atoms with Crippen LogP contribution in [0.25, 0.3) is 0 Å². The fourth-order valence-electron chi connectivity index (χ4n) is 5.20. The molecule has 0 radical (unpaired) electrons. The summed E-state index contributed by atoms with van der Waals surface area (Å²) < 4.78 is 0. The van der Waals surface area contributed by atoms with Gasteiger partial charge in [-0.25, -0.2) is 0 Å². The van der Waals surface area contributed by atoms with Gasteiger partial charge in [-0.05, 0) is 61.7 Å². The highest BCUT2D eigenvalue weighted by Gasteiger charge is 2.56. The lowest BCUT2D eigenvalue weighted by Crippen LogP contribution is -2.58. The molecule has 4 aliphatic carbocycles. The van der Waals surface area contributed by atoms with E-state index >= 15 is 0 Å². The van der Waals surface area contributed by atoms with Gasteiger partial charge in [0.2, 0.25) is 0 Å². The Morgan fingerprint density at radius 3 is 2.07 bits per heavy atom. The summed E-state index contributed by atoms with van der Waals surface area (Å²) >= 11 is 0. The first kappa shape index (κ1) is 9.21. The lowest BCUT2D eigenvalue weighted by atomic mass is 9.48. The largest absolute Gasteiger partial charge is 0.390 e. The van der Waals surface area contributed by atoms with E-state index in [1.165, 1.54) is 19.3 Å². The Bertz CT molecular complexity index is 232. The Balaban J connectivity index is 1.94. The maximum Gasteiger partial charge on any atom is 0.0686 e. The van der Waals surface area contributed by atoms with Gasteiger partial charge in [-0.2, -0.15) is 0 Å². The van der Waals surface area contributed by atoms with Gasteiger partial charge in [0.1, 0.15) is 0 Å². The summed E-state index contributed by atoms with van der Waals surface area (Å²) in [6.45, 7) is 4.59. The molecule has 0 aromatic rings. The topological polar surface area (TPSA) is 20.2 Å². The number of rotatable bonds is 1. The molecule has 14 heavy (non-hydrogen) atoms. The highest BCUT2D eigenvalue weighted by atomic mass is 16.3. The minimum Gasteiger partial charge on any atom is -0.390 e. The molecule has 0 aromatic carbocycles. The average Bonchev–Trinajstić information content (AvgIpc) is 1.97. The lowest BCUT2D eigenvalue weighted by molar-refractivity contribution is -0.183. The van der Waals surface area contributed by atoms with Gasteiger partial charge >= 0.3 is 0 Å². The highest BCUT2D eigenvalue weighted by molar-refractivity contribution is 5.07. The van der Waals surface area contributed by atoms with Crippen LogP contribution < -0.4 is 0 Å². The maximum atomic E-state index is 10.7. The van der Waals surface area contributed by atoms with E-state index in [0.717, 1.165) is 30.6 Å². The van der Waals surface area contributed by atoms with Gasteiger partial charge in [0.25, 0.3) is 0 Å². The van der Waals surface area contributed by atoms with Crippen molar-refractivity contribution < 1.29 is 5.11 Å².